The Bertz CT molecular complexity index is 315. The van der Waals surface area contributed by atoms with E-state index in [2.05, 4.69) is 4.98 Å². The fourth-order valence-electron chi connectivity index (χ4n) is 1.61. The molecule has 1 aliphatic carbocycles. The third-order valence-corrected chi connectivity index (χ3v) is 2.53. The second-order valence-corrected chi connectivity index (χ2v) is 3.41. The maximum absolute atomic E-state index is 10.5. The second kappa shape index (κ2) is 3.20. The van der Waals surface area contributed by atoms with Crippen molar-refractivity contribution in [2.45, 2.75) is 31.7 Å². The van der Waals surface area contributed by atoms with Crippen LogP contribution in [0.3, 0.4) is 0 Å². The van der Waals surface area contributed by atoms with Crippen LogP contribution < -0.4 is 0 Å². The van der Waals surface area contributed by atoms with Crippen LogP contribution in [0.5, 0.6) is 0 Å². The van der Waals surface area contributed by atoms with Crippen LogP contribution in [0.2, 0.25) is 0 Å². The van der Waals surface area contributed by atoms with Gasteiger partial charge in [0, 0.05) is 18.4 Å². The van der Waals surface area contributed by atoms with Gasteiger partial charge in [-0.2, -0.15) is 0 Å². The topological polar surface area (TPSA) is 55.1 Å². The lowest BCUT2D eigenvalue weighted by Crippen LogP contribution is -2.20. The van der Waals surface area contributed by atoms with Gasteiger partial charge in [-0.25, -0.2) is 4.98 Å². The first kappa shape index (κ1) is 8.29. The number of rotatable bonds is 3. The Morgan fingerprint density at radius 2 is 2.46 bits per heavy atom. The van der Waals surface area contributed by atoms with Crippen LogP contribution in [-0.4, -0.2) is 20.6 Å². The average Bonchev–Trinajstić information content (AvgIpc) is 2.32. The fraction of sp³-hybridized carbons (Fsp3) is 0.556. The number of aromatic nitrogens is 2. The molecule has 13 heavy (non-hydrogen) atoms. The zero-order chi connectivity index (χ0) is 9.26. The highest BCUT2D eigenvalue weighted by Crippen LogP contribution is 2.32. The highest BCUT2D eigenvalue weighted by molar-refractivity contribution is 5.69. The summed E-state index contributed by atoms with van der Waals surface area (Å²) in [5, 5.41) is 8.63. The van der Waals surface area contributed by atoms with Crippen LogP contribution in [-0.2, 0) is 11.2 Å². The Hall–Kier alpha value is -1.32. The Morgan fingerprint density at radius 3 is 3.00 bits per heavy atom. The molecule has 4 nitrogen and oxygen atoms in total. The summed E-state index contributed by atoms with van der Waals surface area (Å²) in [5.74, 6) is -0.135. The van der Waals surface area contributed by atoms with Crippen molar-refractivity contribution < 1.29 is 9.90 Å². The molecule has 0 atom stereocenters. The number of carboxylic acid groups (broad SMARTS) is 1. The first-order valence-electron chi connectivity index (χ1n) is 4.51. The van der Waals surface area contributed by atoms with Crippen LogP contribution in [0.1, 0.15) is 31.1 Å². The van der Waals surface area contributed by atoms with E-state index in [0.29, 0.717) is 11.9 Å². The summed E-state index contributed by atoms with van der Waals surface area (Å²) >= 11 is 0. The molecule has 1 aromatic heterocycles. The van der Waals surface area contributed by atoms with E-state index in [1.807, 2.05) is 10.8 Å². The Balaban J connectivity index is 2.14. The summed E-state index contributed by atoms with van der Waals surface area (Å²) in [6.45, 7) is 0. The third-order valence-electron chi connectivity index (χ3n) is 2.53. The third kappa shape index (κ3) is 1.56. The van der Waals surface area contributed by atoms with E-state index in [4.69, 9.17) is 5.11 Å². The molecule has 0 saturated heterocycles. The molecule has 70 valence electrons. The summed E-state index contributed by atoms with van der Waals surface area (Å²) in [7, 11) is 0. The Morgan fingerprint density at radius 1 is 1.69 bits per heavy atom. The molecule has 0 unspecified atom stereocenters. The smallest absolute Gasteiger partial charge is 0.311 e. The second-order valence-electron chi connectivity index (χ2n) is 3.41. The van der Waals surface area contributed by atoms with Gasteiger partial charge in [0.2, 0.25) is 0 Å². The van der Waals surface area contributed by atoms with Crippen LogP contribution in [0.15, 0.2) is 12.4 Å². The van der Waals surface area contributed by atoms with Gasteiger partial charge in [0.25, 0.3) is 0 Å². The van der Waals surface area contributed by atoms with E-state index in [-0.39, 0.29) is 6.42 Å². The molecule has 1 fully saturated rings. The van der Waals surface area contributed by atoms with Crippen molar-refractivity contribution in [1.82, 2.24) is 9.55 Å². The highest BCUT2D eigenvalue weighted by Gasteiger charge is 2.21. The molecule has 1 aliphatic rings. The molecule has 1 saturated carbocycles. The first-order chi connectivity index (χ1) is 6.27. The normalized spacial score (nSPS) is 16.9. The maximum atomic E-state index is 10.5. The van der Waals surface area contributed by atoms with Gasteiger partial charge in [0.1, 0.15) is 12.2 Å². The predicted molar refractivity (Wildman–Crippen MR) is 46.5 cm³/mol. The molecule has 0 spiro atoms. The SMILES string of the molecule is O=C(O)Cc1nccn1C1CCC1. The van der Waals surface area contributed by atoms with E-state index in [9.17, 15) is 4.79 Å². The summed E-state index contributed by atoms with van der Waals surface area (Å²) in [6.07, 6.45) is 7.14. The minimum atomic E-state index is -0.813. The molecule has 4 heteroatoms. The van der Waals surface area contributed by atoms with E-state index in [0.717, 1.165) is 12.8 Å². The number of imidazole rings is 1. The zero-order valence-corrected chi connectivity index (χ0v) is 7.31. The standard InChI is InChI=1S/C9H12N2O2/c12-9(13)6-8-10-4-5-11(8)7-2-1-3-7/h4-5,7H,1-3,6H2,(H,12,13). The van der Waals surface area contributed by atoms with Gasteiger partial charge in [-0.1, -0.05) is 0 Å². The molecule has 1 aromatic rings. The van der Waals surface area contributed by atoms with Crippen molar-refractivity contribution in [3.63, 3.8) is 0 Å². The van der Waals surface area contributed by atoms with Gasteiger partial charge in [-0.05, 0) is 19.3 Å². The number of carbonyl (C=O) groups is 1. The minimum absolute atomic E-state index is 0.0312. The maximum Gasteiger partial charge on any atom is 0.311 e. The van der Waals surface area contributed by atoms with Crippen molar-refractivity contribution in [1.29, 1.82) is 0 Å². The molecule has 0 amide bonds. The molecule has 0 aromatic carbocycles. The quantitative estimate of drug-likeness (QED) is 0.761. The summed E-state index contributed by atoms with van der Waals surface area (Å²) in [4.78, 5) is 14.5. The lowest BCUT2D eigenvalue weighted by Gasteiger charge is -2.28. The van der Waals surface area contributed by atoms with E-state index >= 15 is 0 Å². The molecule has 1 N–H and O–H groups in total. The van der Waals surface area contributed by atoms with E-state index in [1.54, 1.807) is 6.20 Å². The monoisotopic (exact) mass is 180 g/mol. The molecular formula is C9H12N2O2. The van der Waals surface area contributed by atoms with Crippen molar-refractivity contribution in [2.24, 2.45) is 0 Å². The van der Waals surface area contributed by atoms with Crippen molar-refractivity contribution in [2.75, 3.05) is 0 Å². The van der Waals surface area contributed by atoms with Gasteiger partial charge in [-0.3, -0.25) is 4.79 Å². The number of carboxylic acids is 1. The summed E-state index contributed by atoms with van der Waals surface area (Å²) in [5.41, 5.74) is 0. The Labute approximate surface area is 76.2 Å². The first-order valence-corrected chi connectivity index (χ1v) is 4.51. The van der Waals surface area contributed by atoms with Crippen molar-refractivity contribution in [3.05, 3.63) is 18.2 Å². The largest absolute Gasteiger partial charge is 0.481 e. The van der Waals surface area contributed by atoms with E-state index in [1.165, 1.54) is 6.42 Å². The van der Waals surface area contributed by atoms with Crippen LogP contribution >= 0.6 is 0 Å². The van der Waals surface area contributed by atoms with Crippen molar-refractivity contribution in [3.8, 4) is 0 Å². The van der Waals surface area contributed by atoms with Crippen LogP contribution in [0, 0.1) is 0 Å². The average molecular weight is 180 g/mol. The molecule has 2 rings (SSSR count). The molecule has 1 heterocycles. The predicted octanol–water partition coefficient (Wildman–Crippen LogP) is 1.24. The molecule has 0 aliphatic heterocycles. The van der Waals surface area contributed by atoms with Crippen molar-refractivity contribution >= 4 is 5.97 Å². The van der Waals surface area contributed by atoms with Gasteiger partial charge in [0.15, 0.2) is 0 Å². The van der Waals surface area contributed by atoms with Gasteiger partial charge in [0.05, 0.1) is 0 Å². The van der Waals surface area contributed by atoms with Crippen LogP contribution in [0.25, 0.3) is 0 Å². The molecule has 0 bridgehead atoms. The van der Waals surface area contributed by atoms with E-state index < -0.39 is 5.97 Å². The number of hydrogen-bond donors (Lipinski definition) is 1. The van der Waals surface area contributed by atoms with Gasteiger partial charge in [-0.15, -0.1) is 0 Å². The summed E-state index contributed by atoms with van der Waals surface area (Å²) < 4.78 is 2.00. The lowest BCUT2D eigenvalue weighted by atomic mass is 9.93. The summed E-state index contributed by atoms with van der Waals surface area (Å²) in [6, 6.07) is 0.497. The molecular weight excluding hydrogens is 168 g/mol. The number of hydrogen-bond acceptors (Lipinski definition) is 2. The minimum Gasteiger partial charge on any atom is -0.481 e. The lowest BCUT2D eigenvalue weighted by molar-refractivity contribution is -0.136. The number of aliphatic carboxylic acids is 1. The Kier molecular flexibility index (Phi) is 2.04. The van der Waals surface area contributed by atoms with Gasteiger partial charge < -0.3 is 9.67 Å². The number of nitrogens with zero attached hydrogens (tertiary/aromatic N) is 2. The molecule has 0 radical (unpaired) electrons. The fourth-order valence-corrected chi connectivity index (χ4v) is 1.61. The zero-order valence-electron chi connectivity index (χ0n) is 7.31. The highest BCUT2D eigenvalue weighted by atomic mass is 16.4. The van der Waals surface area contributed by atoms with Crippen LogP contribution in [0.4, 0.5) is 0 Å². The van der Waals surface area contributed by atoms with Gasteiger partial charge >= 0.3 is 5.97 Å².